The zero-order chi connectivity index (χ0) is 25.8. The molecule has 0 radical (unpaired) electrons. The maximum atomic E-state index is 14.6. The normalized spacial score (nSPS) is 18.4. The molecule has 0 amide bonds. The predicted octanol–water partition coefficient (Wildman–Crippen LogP) is 5.48. The zero-order valence-electron chi connectivity index (χ0n) is 20.6. The third kappa shape index (κ3) is 3.71. The summed E-state index contributed by atoms with van der Waals surface area (Å²) in [4.78, 5) is 11.3. The molecule has 7 nitrogen and oxygen atoms in total. The molecule has 2 bridgehead atoms. The molecule has 2 aliphatic rings. The van der Waals surface area contributed by atoms with Crippen LogP contribution in [0, 0.1) is 5.82 Å². The van der Waals surface area contributed by atoms with Crippen LogP contribution in [0.25, 0.3) is 39.3 Å². The van der Waals surface area contributed by atoms with E-state index in [2.05, 4.69) is 15.2 Å². The van der Waals surface area contributed by atoms with Gasteiger partial charge in [-0.15, -0.1) is 0 Å². The van der Waals surface area contributed by atoms with Crippen LogP contribution >= 0.6 is 11.6 Å². The van der Waals surface area contributed by atoms with E-state index in [0.29, 0.717) is 28.5 Å². The molecule has 2 saturated heterocycles. The SMILES string of the molecule is COc1cc(-c2c(-c3ccncc3)nn3c(-c4ccc(F)cc4N4C[C@H]5C[C@@H]4CN5)ccnc23)ccc1Cl. The average Bonchev–Trinajstić information content (AvgIpc) is 3.68. The van der Waals surface area contributed by atoms with Gasteiger partial charge in [0.15, 0.2) is 5.65 Å². The number of hydrogen-bond acceptors (Lipinski definition) is 6. The molecular weight excluding hydrogens is 503 g/mol. The molecule has 5 aromatic rings. The monoisotopic (exact) mass is 526 g/mol. The minimum atomic E-state index is -0.253. The van der Waals surface area contributed by atoms with Crippen molar-refractivity contribution in [2.45, 2.75) is 18.5 Å². The van der Waals surface area contributed by atoms with E-state index in [1.165, 1.54) is 6.07 Å². The van der Waals surface area contributed by atoms with Crippen molar-refractivity contribution in [2.24, 2.45) is 0 Å². The molecule has 0 spiro atoms. The Morgan fingerprint density at radius 1 is 1.03 bits per heavy atom. The van der Waals surface area contributed by atoms with Crippen molar-refractivity contribution in [2.75, 3.05) is 25.1 Å². The van der Waals surface area contributed by atoms with Gasteiger partial charge < -0.3 is 15.0 Å². The quantitative estimate of drug-likeness (QED) is 0.327. The highest BCUT2D eigenvalue weighted by Gasteiger charge is 2.38. The van der Waals surface area contributed by atoms with Gasteiger partial charge in [0.25, 0.3) is 0 Å². The number of benzene rings is 2. The summed E-state index contributed by atoms with van der Waals surface area (Å²) in [6.45, 7) is 1.76. The summed E-state index contributed by atoms with van der Waals surface area (Å²) in [6.07, 6.45) is 6.34. The first kappa shape index (κ1) is 23.1. The van der Waals surface area contributed by atoms with Crippen molar-refractivity contribution in [3.8, 4) is 39.4 Å². The highest BCUT2D eigenvalue weighted by molar-refractivity contribution is 6.32. The zero-order valence-corrected chi connectivity index (χ0v) is 21.4. The Hall–Kier alpha value is -4.01. The second kappa shape index (κ2) is 9.08. The largest absolute Gasteiger partial charge is 0.495 e. The van der Waals surface area contributed by atoms with E-state index >= 15 is 0 Å². The summed E-state index contributed by atoms with van der Waals surface area (Å²) < 4.78 is 21.9. The highest BCUT2D eigenvalue weighted by Crippen LogP contribution is 2.41. The fourth-order valence-corrected chi connectivity index (χ4v) is 5.95. The number of methoxy groups -OCH3 is 1. The van der Waals surface area contributed by atoms with E-state index in [1.54, 1.807) is 31.8 Å². The summed E-state index contributed by atoms with van der Waals surface area (Å²) in [5.74, 6) is 0.315. The first-order valence-electron chi connectivity index (χ1n) is 12.5. The van der Waals surface area contributed by atoms with Gasteiger partial charge in [-0.05, 0) is 60.5 Å². The van der Waals surface area contributed by atoms with E-state index in [0.717, 1.165) is 58.8 Å². The first-order chi connectivity index (χ1) is 18.6. The average molecular weight is 527 g/mol. The van der Waals surface area contributed by atoms with Crippen LogP contribution < -0.4 is 15.0 Å². The number of aromatic nitrogens is 4. The molecule has 3 aromatic heterocycles. The summed E-state index contributed by atoms with van der Waals surface area (Å²) in [6, 6.07) is 17.2. The van der Waals surface area contributed by atoms with Crippen LogP contribution in [0.5, 0.6) is 5.75 Å². The first-order valence-corrected chi connectivity index (χ1v) is 12.9. The van der Waals surface area contributed by atoms with E-state index in [9.17, 15) is 4.39 Å². The van der Waals surface area contributed by atoms with Gasteiger partial charge in [0.05, 0.1) is 23.4 Å². The van der Waals surface area contributed by atoms with Gasteiger partial charge in [0.2, 0.25) is 0 Å². The fourth-order valence-electron chi connectivity index (χ4n) is 5.76. The number of pyridine rings is 1. The van der Waals surface area contributed by atoms with Crippen molar-refractivity contribution in [3.05, 3.63) is 84.0 Å². The van der Waals surface area contributed by atoms with E-state index < -0.39 is 0 Å². The Morgan fingerprint density at radius 2 is 1.89 bits per heavy atom. The highest BCUT2D eigenvalue weighted by atomic mass is 35.5. The van der Waals surface area contributed by atoms with E-state index in [-0.39, 0.29) is 5.82 Å². The lowest BCUT2D eigenvalue weighted by atomic mass is 10.0. The Kier molecular flexibility index (Phi) is 5.52. The van der Waals surface area contributed by atoms with Crippen LogP contribution in [0.4, 0.5) is 10.1 Å². The van der Waals surface area contributed by atoms with Crippen LogP contribution in [0.15, 0.2) is 73.2 Å². The molecule has 38 heavy (non-hydrogen) atoms. The molecule has 9 heteroatoms. The number of nitrogens with zero attached hydrogens (tertiary/aromatic N) is 5. The van der Waals surface area contributed by atoms with Crippen molar-refractivity contribution >= 4 is 22.9 Å². The fraction of sp³-hybridized carbons (Fsp3) is 0.207. The van der Waals surface area contributed by atoms with Crippen LogP contribution in [0.1, 0.15) is 6.42 Å². The molecule has 0 aliphatic carbocycles. The smallest absolute Gasteiger partial charge is 0.164 e. The lowest BCUT2D eigenvalue weighted by Crippen LogP contribution is -2.43. The minimum Gasteiger partial charge on any atom is -0.495 e. The summed E-state index contributed by atoms with van der Waals surface area (Å²) in [7, 11) is 1.60. The van der Waals surface area contributed by atoms with E-state index in [4.69, 9.17) is 26.4 Å². The molecule has 2 aliphatic heterocycles. The number of piperazine rings is 1. The van der Waals surface area contributed by atoms with Crippen LogP contribution in [0.3, 0.4) is 0 Å². The summed E-state index contributed by atoms with van der Waals surface area (Å²) >= 11 is 6.35. The number of rotatable bonds is 5. The minimum absolute atomic E-state index is 0.253. The third-order valence-electron chi connectivity index (χ3n) is 7.51. The lowest BCUT2D eigenvalue weighted by molar-refractivity contribution is 0.415. The number of nitrogens with one attached hydrogen (secondary N) is 1. The van der Waals surface area contributed by atoms with Crippen molar-refractivity contribution in [1.82, 2.24) is 24.9 Å². The molecular formula is C29H24ClFN6O. The van der Waals surface area contributed by atoms with Crippen LogP contribution in [0.2, 0.25) is 5.02 Å². The number of halogens is 2. The Bertz CT molecular complexity index is 1670. The topological polar surface area (TPSA) is 67.6 Å². The molecule has 0 saturated carbocycles. The van der Waals surface area contributed by atoms with Gasteiger partial charge in [-0.3, -0.25) is 4.98 Å². The van der Waals surface area contributed by atoms with Gasteiger partial charge in [-0.2, -0.15) is 5.10 Å². The summed E-state index contributed by atoms with van der Waals surface area (Å²) in [5.41, 5.74) is 6.69. The number of hydrogen-bond donors (Lipinski definition) is 1. The van der Waals surface area contributed by atoms with Crippen molar-refractivity contribution < 1.29 is 9.13 Å². The molecule has 2 atom stereocenters. The number of fused-ring (bicyclic) bond motifs is 3. The van der Waals surface area contributed by atoms with Crippen LogP contribution in [-0.2, 0) is 0 Å². The molecule has 190 valence electrons. The maximum absolute atomic E-state index is 14.6. The standard InChI is InChI=1S/C29H24ClFN6O/c1-38-26-12-18(2-5-23(26)30)27-28(17-6-9-32-10-7-17)35-37-24(8-11-33-29(27)37)22-4-3-19(31)13-25(22)36-16-20-14-21(36)15-34-20/h2-13,20-21,34H,14-16H2,1H3/t20-,21-/m1/s1. The molecule has 2 aromatic carbocycles. The Balaban J connectivity index is 1.48. The summed E-state index contributed by atoms with van der Waals surface area (Å²) in [5, 5.41) is 9.14. The van der Waals surface area contributed by atoms with Gasteiger partial charge in [-0.25, -0.2) is 13.9 Å². The second-order valence-corrected chi connectivity index (χ2v) is 10.1. The van der Waals surface area contributed by atoms with Crippen molar-refractivity contribution in [1.29, 1.82) is 0 Å². The lowest BCUT2D eigenvalue weighted by Gasteiger charge is -2.31. The van der Waals surface area contributed by atoms with Gasteiger partial charge in [-0.1, -0.05) is 17.7 Å². The van der Waals surface area contributed by atoms with Gasteiger partial charge >= 0.3 is 0 Å². The van der Waals surface area contributed by atoms with E-state index in [1.807, 2.05) is 47.0 Å². The third-order valence-corrected chi connectivity index (χ3v) is 7.83. The molecule has 5 heterocycles. The molecule has 0 unspecified atom stereocenters. The number of ether oxygens (including phenoxy) is 1. The van der Waals surface area contributed by atoms with Gasteiger partial charge in [0, 0.05) is 60.6 Å². The Morgan fingerprint density at radius 3 is 2.66 bits per heavy atom. The predicted molar refractivity (Wildman–Crippen MR) is 146 cm³/mol. The Labute approximate surface area is 223 Å². The molecule has 1 N–H and O–H groups in total. The van der Waals surface area contributed by atoms with Crippen LogP contribution in [-0.4, -0.2) is 51.9 Å². The second-order valence-electron chi connectivity index (χ2n) is 9.68. The van der Waals surface area contributed by atoms with Crippen molar-refractivity contribution in [3.63, 3.8) is 0 Å². The number of anilines is 1. The molecule has 7 rings (SSSR count). The van der Waals surface area contributed by atoms with Gasteiger partial charge in [0.1, 0.15) is 17.3 Å². The maximum Gasteiger partial charge on any atom is 0.164 e. The molecule has 2 fully saturated rings.